The van der Waals surface area contributed by atoms with Crippen molar-refractivity contribution in [3.63, 3.8) is 0 Å². The molecule has 1 aliphatic rings. The minimum Gasteiger partial charge on any atom is -0.338 e. The Bertz CT molecular complexity index is 809. The first-order chi connectivity index (χ1) is 12.5. The Labute approximate surface area is 162 Å². The largest absolute Gasteiger partial charge is 0.338 e. The second-order valence-electron chi connectivity index (χ2n) is 6.45. The number of nitrogens with one attached hydrogen (secondary N) is 1. The number of anilines is 1. The fourth-order valence-corrected chi connectivity index (χ4v) is 3.42. The van der Waals surface area contributed by atoms with Crippen LogP contribution in [0.25, 0.3) is 0 Å². The van der Waals surface area contributed by atoms with Gasteiger partial charge in [-0.25, -0.2) is 4.79 Å². The zero-order valence-electron chi connectivity index (χ0n) is 14.7. The average Bonchev–Trinajstić information content (AvgIpc) is 2.65. The van der Waals surface area contributed by atoms with Crippen LogP contribution in [0.15, 0.2) is 53.0 Å². The zero-order valence-corrected chi connectivity index (χ0v) is 16.3. The van der Waals surface area contributed by atoms with Crippen molar-refractivity contribution in [1.82, 2.24) is 9.80 Å². The molecule has 0 fully saturated rings. The number of benzene rings is 2. The highest BCUT2D eigenvalue weighted by Gasteiger charge is 2.21. The highest BCUT2D eigenvalue weighted by atomic mass is 79.9. The molecule has 0 radical (unpaired) electrons. The van der Waals surface area contributed by atoms with E-state index in [0.717, 1.165) is 23.1 Å². The second-order valence-corrected chi connectivity index (χ2v) is 7.36. The minimum absolute atomic E-state index is 0.0848. The lowest BCUT2D eigenvalue weighted by Crippen LogP contribution is -2.39. The Balaban J connectivity index is 1.49. The Morgan fingerprint density at radius 2 is 1.92 bits per heavy atom. The first-order valence-corrected chi connectivity index (χ1v) is 9.44. The van der Waals surface area contributed by atoms with Crippen molar-refractivity contribution in [3.8, 4) is 0 Å². The quantitative estimate of drug-likeness (QED) is 0.823. The predicted molar refractivity (Wildman–Crippen MR) is 106 cm³/mol. The molecular weight excluding hydrogens is 394 g/mol. The molecule has 0 saturated carbocycles. The molecule has 0 unspecified atom stereocenters. The van der Waals surface area contributed by atoms with Crippen LogP contribution < -0.4 is 5.32 Å². The predicted octanol–water partition coefficient (Wildman–Crippen LogP) is 3.89. The lowest BCUT2D eigenvalue weighted by molar-refractivity contribution is -0.132. The Morgan fingerprint density at radius 1 is 1.15 bits per heavy atom. The molecule has 0 aliphatic carbocycles. The average molecular weight is 416 g/mol. The highest BCUT2D eigenvalue weighted by molar-refractivity contribution is 9.10. The van der Waals surface area contributed by atoms with Crippen molar-refractivity contribution in [2.75, 3.05) is 25.5 Å². The van der Waals surface area contributed by atoms with Crippen molar-refractivity contribution >= 4 is 33.6 Å². The van der Waals surface area contributed by atoms with Gasteiger partial charge in [0.1, 0.15) is 0 Å². The van der Waals surface area contributed by atoms with Crippen molar-refractivity contribution in [2.24, 2.45) is 0 Å². The third-order valence-corrected chi connectivity index (χ3v) is 5.06. The van der Waals surface area contributed by atoms with Gasteiger partial charge in [0.05, 0.1) is 0 Å². The molecule has 0 saturated heterocycles. The number of halogens is 1. The van der Waals surface area contributed by atoms with E-state index in [-0.39, 0.29) is 11.9 Å². The molecular formula is C20H22BrN3O2. The molecule has 136 valence electrons. The number of nitrogens with zero attached hydrogens (tertiary/aromatic N) is 2. The van der Waals surface area contributed by atoms with Gasteiger partial charge in [-0.2, -0.15) is 0 Å². The van der Waals surface area contributed by atoms with Crippen LogP contribution in [-0.4, -0.2) is 41.9 Å². The lowest BCUT2D eigenvalue weighted by atomic mass is 10.00. The zero-order chi connectivity index (χ0) is 18.5. The normalized spacial score (nSPS) is 13.1. The maximum atomic E-state index is 12.5. The lowest BCUT2D eigenvalue weighted by Gasteiger charge is -2.29. The molecule has 2 aromatic carbocycles. The number of rotatable bonds is 4. The SMILES string of the molecule is CN(CCC(=O)N1CCc2ccccc2C1)C(=O)Nc1cccc(Br)c1. The smallest absolute Gasteiger partial charge is 0.321 e. The molecule has 0 bridgehead atoms. The van der Waals surface area contributed by atoms with Gasteiger partial charge in [-0.05, 0) is 35.7 Å². The van der Waals surface area contributed by atoms with Gasteiger partial charge in [-0.15, -0.1) is 0 Å². The molecule has 1 aliphatic heterocycles. The van der Waals surface area contributed by atoms with Gasteiger partial charge < -0.3 is 15.1 Å². The number of hydrogen-bond donors (Lipinski definition) is 1. The number of fused-ring (bicyclic) bond motifs is 1. The van der Waals surface area contributed by atoms with E-state index in [9.17, 15) is 9.59 Å². The van der Waals surface area contributed by atoms with Crippen molar-refractivity contribution in [2.45, 2.75) is 19.4 Å². The van der Waals surface area contributed by atoms with Gasteiger partial charge in [-0.1, -0.05) is 46.3 Å². The number of urea groups is 1. The molecule has 3 amide bonds. The maximum absolute atomic E-state index is 12.5. The summed E-state index contributed by atoms with van der Waals surface area (Å²) >= 11 is 3.38. The summed E-state index contributed by atoms with van der Waals surface area (Å²) in [5.41, 5.74) is 3.25. The Kier molecular flexibility index (Phi) is 5.93. The highest BCUT2D eigenvalue weighted by Crippen LogP contribution is 2.19. The summed E-state index contributed by atoms with van der Waals surface area (Å²) in [5.74, 6) is 0.0848. The first kappa shape index (κ1) is 18.5. The van der Waals surface area contributed by atoms with E-state index in [1.54, 1.807) is 7.05 Å². The van der Waals surface area contributed by atoms with E-state index in [1.165, 1.54) is 16.0 Å². The summed E-state index contributed by atoms with van der Waals surface area (Å²) < 4.78 is 0.901. The van der Waals surface area contributed by atoms with Crippen molar-refractivity contribution in [1.29, 1.82) is 0 Å². The Morgan fingerprint density at radius 3 is 2.69 bits per heavy atom. The fraction of sp³-hybridized carbons (Fsp3) is 0.300. The molecule has 0 aromatic heterocycles. The summed E-state index contributed by atoms with van der Waals surface area (Å²) in [6.07, 6.45) is 1.21. The Hall–Kier alpha value is -2.34. The van der Waals surface area contributed by atoms with Crippen LogP contribution in [0.2, 0.25) is 0 Å². The van der Waals surface area contributed by atoms with Gasteiger partial charge in [0.15, 0.2) is 0 Å². The third-order valence-electron chi connectivity index (χ3n) is 4.57. The molecule has 5 nitrogen and oxygen atoms in total. The van der Waals surface area contributed by atoms with Gasteiger partial charge in [0.25, 0.3) is 0 Å². The molecule has 0 spiro atoms. The first-order valence-electron chi connectivity index (χ1n) is 8.65. The summed E-state index contributed by atoms with van der Waals surface area (Å²) in [7, 11) is 1.70. The van der Waals surface area contributed by atoms with Crippen LogP contribution in [0.4, 0.5) is 10.5 Å². The second kappa shape index (κ2) is 8.36. The van der Waals surface area contributed by atoms with E-state index in [2.05, 4.69) is 33.4 Å². The van der Waals surface area contributed by atoms with E-state index >= 15 is 0 Å². The van der Waals surface area contributed by atoms with Crippen LogP contribution in [0.3, 0.4) is 0 Å². The van der Waals surface area contributed by atoms with Crippen molar-refractivity contribution < 1.29 is 9.59 Å². The molecule has 1 heterocycles. The molecule has 2 aromatic rings. The molecule has 26 heavy (non-hydrogen) atoms. The molecule has 3 rings (SSSR count). The monoisotopic (exact) mass is 415 g/mol. The van der Waals surface area contributed by atoms with Crippen LogP contribution in [0, 0.1) is 0 Å². The minimum atomic E-state index is -0.222. The fourth-order valence-electron chi connectivity index (χ4n) is 3.02. The van der Waals surface area contributed by atoms with E-state index in [4.69, 9.17) is 0 Å². The summed E-state index contributed by atoms with van der Waals surface area (Å²) in [4.78, 5) is 28.2. The molecule has 1 N–H and O–H groups in total. The molecule has 0 atom stereocenters. The number of amides is 3. The summed E-state index contributed by atoms with van der Waals surface area (Å²) in [6, 6.07) is 15.4. The van der Waals surface area contributed by atoms with E-state index < -0.39 is 0 Å². The third kappa shape index (κ3) is 4.64. The van der Waals surface area contributed by atoms with Gasteiger partial charge in [-0.3, -0.25) is 4.79 Å². The standard InChI is InChI=1S/C20H22BrN3O2/c1-23(20(26)22-18-8-4-7-17(21)13-18)11-10-19(25)24-12-9-15-5-2-3-6-16(15)14-24/h2-8,13H,9-12,14H2,1H3,(H,22,26). The number of carbonyl (C=O) groups excluding carboxylic acids is 2. The van der Waals surface area contributed by atoms with Gasteiger partial charge >= 0.3 is 6.03 Å². The van der Waals surface area contributed by atoms with Crippen LogP contribution in [0.1, 0.15) is 17.5 Å². The maximum Gasteiger partial charge on any atom is 0.321 e. The number of hydrogen-bond acceptors (Lipinski definition) is 2. The summed E-state index contributed by atoms with van der Waals surface area (Å²) in [5, 5.41) is 2.83. The number of carbonyl (C=O) groups is 2. The van der Waals surface area contributed by atoms with Gasteiger partial charge in [0.2, 0.25) is 5.91 Å². The van der Waals surface area contributed by atoms with Gasteiger partial charge in [0, 0.05) is 43.3 Å². The topological polar surface area (TPSA) is 52.7 Å². The van der Waals surface area contributed by atoms with E-state index in [1.807, 2.05) is 41.3 Å². The van der Waals surface area contributed by atoms with Crippen molar-refractivity contribution in [3.05, 3.63) is 64.1 Å². The van der Waals surface area contributed by atoms with Crippen LogP contribution in [-0.2, 0) is 17.8 Å². The summed E-state index contributed by atoms with van der Waals surface area (Å²) in [6.45, 7) is 1.78. The van der Waals surface area contributed by atoms with E-state index in [0.29, 0.717) is 19.5 Å². The van der Waals surface area contributed by atoms with Crippen LogP contribution in [0.5, 0.6) is 0 Å². The van der Waals surface area contributed by atoms with Crippen LogP contribution >= 0.6 is 15.9 Å². The molecule has 6 heteroatoms.